The van der Waals surface area contributed by atoms with E-state index in [2.05, 4.69) is 35.1 Å². The lowest BCUT2D eigenvalue weighted by molar-refractivity contribution is -0.141. The molecule has 1 saturated heterocycles. The fourth-order valence-corrected chi connectivity index (χ4v) is 4.60. The van der Waals surface area contributed by atoms with Gasteiger partial charge in [0, 0.05) is 31.0 Å². The molecule has 1 fully saturated rings. The molecule has 8 nitrogen and oxygen atoms in total. The average Bonchev–Trinajstić information content (AvgIpc) is 2.87. The van der Waals surface area contributed by atoms with Gasteiger partial charge in [0.2, 0.25) is 0 Å². The Labute approximate surface area is 224 Å². The Kier molecular flexibility index (Phi) is 7.31. The van der Waals surface area contributed by atoms with Crippen LogP contribution < -0.4 is 5.32 Å². The van der Waals surface area contributed by atoms with E-state index in [9.17, 15) is 26.3 Å². The molecule has 14 heteroatoms. The zero-order chi connectivity index (χ0) is 28.7. The van der Waals surface area contributed by atoms with Crippen LogP contribution >= 0.6 is 0 Å². The maximum Gasteiger partial charge on any atom is 0.433 e. The number of rotatable bonds is 5. The first-order valence-electron chi connectivity index (χ1n) is 12.2. The molecule has 0 spiro atoms. The SMILES string of the molecule is CC1CN(Cc2nc(Nc3ccc(C(F)(F)F)nc3)c3ncc(-c4ncccc4C(F)(F)F)cc3n2)CC(C)O1. The summed E-state index contributed by atoms with van der Waals surface area (Å²) >= 11 is 0. The molecule has 5 heterocycles. The summed E-state index contributed by atoms with van der Waals surface area (Å²) in [5, 5.41) is 2.93. The predicted octanol–water partition coefficient (Wildman–Crippen LogP) is 5.87. The van der Waals surface area contributed by atoms with Gasteiger partial charge in [0.1, 0.15) is 17.0 Å². The van der Waals surface area contributed by atoms with Crippen LogP contribution in [0.1, 0.15) is 30.9 Å². The second-order valence-corrected chi connectivity index (χ2v) is 9.48. The summed E-state index contributed by atoms with van der Waals surface area (Å²) in [5.74, 6) is 0.506. The molecule has 0 radical (unpaired) electrons. The number of ether oxygens (including phenoxy) is 1. The van der Waals surface area contributed by atoms with E-state index in [1.807, 2.05) is 13.8 Å². The predicted molar refractivity (Wildman–Crippen MR) is 133 cm³/mol. The van der Waals surface area contributed by atoms with Crippen molar-refractivity contribution in [3.05, 3.63) is 66.0 Å². The molecule has 0 bridgehead atoms. The highest BCUT2D eigenvalue weighted by Crippen LogP contribution is 2.36. The van der Waals surface area contributed by atoms with E-state index in [4.69, 9.17) is 4.74 Å². The third kappa shape index (κ3) is 6.12. The van der Waals surface area contributed by atoms with Gasteiger partial charge in [0.25, 0.3) is 0 Å². The summed E-state index contributed by atoms with van der Waals surface area (Å²) in [6, 6.07) is 5.60. The van der Waals surface area contributed by atoms with Crippen molar-refractivity contribution in [3.8, 4) is 11.3 Å². The summed E-state index contributed by atoms with van der Waals surface area (Å²) in [7, 11) is 0. The van der Waals surface area contributed by atoms with Crippen LogP contribution in [0.15, 0.2) is 48.9 Å². The number of aromatic nitrogens is 5. The molecule has 40 heavy (non-hydrogen) atoms. The highest BCUT2D eigenvalue weighted by Gasteiger charge is 2.35. The number of morpholine rings is 1. The maximum absolute atomic E-state index is 13.7. The van der Waals surface area contributed by atoms with Gasteiger partial charge in [-0.15, -0.1) is 0 Å². The van der Waals surface area contributed by atoms with Crippen LogP contribution in [0.25, 0.3) is 22.3 Å². The van der Waals surface area contributed by atoms with Crippen LogP contribution in [-0.2, 0) is 23.6 Å². The Bertz CT molecular complexity index is 1500. The summed E-state index contributed by atoms with van der Waals surface area (Å²) in [6.45, 7) is 5.40. The zero-order valence-corrected chi connectivity index (χ0v) is 21.3. The minimum atomic E-state index is -4.64. The van der Waals surface area contributed by atoms with E-state index in [1.165, 1.54) is 30.6 Å². The monoisotopic (exact) mass is 563 g/mol. The number of halogens is 6. The molecule has 0 aliphatic carbocycles. The van der Waals surface area contributed by atoms with E-state index < -0.39 is 23.6 Å². The number of hydrogen-bond donors (Lipinski definition) is 1. The Morgan fingerprint density at radius 1 is 0.925 bits per heavy atom. The molecule has 2 atom stereocenters. The standard InChI is InChI=1S/C26H23F6N7O/c1-14-11-39(12-15(2)40-14)13-21-37-19-8-16(22-18(25(27,28)29)4-3-7-33-22)9-35-23(19)24(38-21)36-17-5-6-20(34-10-17)26(30,31)32/h3-10,14-15H,11-13H2,1-2H3,(H,36,37,38). The fourth-order valence-electron chi connectivity index (χ4n) is 4.60. The molecule has 4 aromatic rings. The highest BCUT2D eigenvalue weighted by molar-refractivity contribution is 5.89. The van der Waals surface area contributed by atoms with Gasteiger partial charge in [0.15, 0.2) is 5.82 Å². The van der Waals surface area contributed by atoms with Crippen LogP contribution in [-0.4, -0.2) is 55.1 Å². The number of anilines is 2. The van der Waals surface area contributed by atoms with Gasteiger partial charge in [-0.2, -0.15) is 26.3 Å². The van der Waals surface area contributed by atoms with E-state index in [0.29, 0.717) is 25.5 Å². The third-order valence-corrected chi connectivity index (χ3v) is 6.15. The number of pyridine rings is 3. The number of fused-ring (bicyclic) bond motifs is 1. The molecule has 2 unspecified atom stereocenters. The van der Waals surface area contributed by atoms with Gasteiger partial charge in [-0.1, -0.05) is 0 Å². The first-order valence-corrected chi connectivity index (χ1v) is 12.2. The lowest BCUT2D eigenvalue weighted by atomic mass is 10.1. The van der Waals surface area contributed by atoms with Crippen LogP contribution in [0.5, 0.6) is 0 Å². The minimum absolute atomic E-state index is 0.0294. The molecule has 1 N–H and O–H groups in total. The zero-order valence-electron chi connectivity index (χ0n) is 21.3. The molecule has 1 aliphatic rings. The Morgan fingerprint density at radius 2 is 1.68 bits per heavy atom. The molecule has 210 valence electrons. The molecule has 1 aliphatic heterocycles. The first-order chi connectivity index (χ1) is 18.9. The van der Waals surface area contributed by atoms with Crippen molar-refractivity contribution in [2.24, 2.45) is 0 Å². The highest BCUT2D eigenvalue weighted by atomic mass is 19.4. The average molecular weight is 564 g/mol. The molecule has 0 amide bonds. The van der Waals surface area contributed by atoms with Crippen molar-refractivity contribution in [2.45, 2.75) is 45.0 Å². The maximum atomic E-state index is 13.7. The van der Waals surface area contributed by atoms with Crippen LogP contribution in [0.4, 0.5) is 37.8 Å². The molecule has 4 aromatic heterocycles. The largest absolute Gasteiger partial charge is 0.433 e. The van der Waals surface area contributed by atoms with E-state index in [1.54, 1.807) is 0 Å². The minimum Gasteiger partial charge on any atom is -0.373 e. The van der Waals surface area contributed by atoms with Gasteiger partial charge >= 0.3 is 12.4 Å². The van der Waals surface area contributed by atoms with Crippen LogP contribution in [0.3, 0.4) is 0 Å². The second-order valence-electron chi connectivity index (χ2n) is 9.48. The quantitative estimate of drug-likeness (QED) is 0.302. The first kappa shape index (κ1) is 27.6. The Hall–Kier alpha value is -3.91. The van der Waals surface area contributed by atoms with Gasteiger partial charge in [-0.05, 0) is 44.2 Å². The van der Waals surface area contributed by atoms with E-state index in [-0.39, 0.29) is 46.0 Å². The van der Waals surface area contributed by atoms with Gasteiger partial charge in [-0.3, -0.25) is 9.88 Å². The van der Waals surface area contributed by atoms with Gasteiger partial charge < -0.3 is 10.1 Å². The van der Waals surface area contributed by atoms with Gasteiger partial charge in [0.05, 0.1) is 47.4 Å². The normalized spacial score (nSPS) is 18.7. The molecular weight excluding hydrogens is 540 g/mol. The third-order valence-electron chi connectivity index (χ3n) is 6.15. The second kappa shape index (κ2) is 10.6. The topological polar surface area (TPSA) is 89.0 Å². The van der Waals surface area contributed by atoms with Crippen molar-refractivity contribution >= 4 is 22.5 Å². The number of hydrogen-bond acceptors (Lipinski definition) is 8. The Morgan fingerprint density at radius 3 is 2.33 bits per heavy atom. The molecular formula is C26H23F6N7O. The van der Waals surface area contributed by atoms with E-state index >= 15 is 0 Å². The van der Waals surface area contributed by atoms with Crippen molar-refractivity contribution in [1.29, 1.82) is 0 Å². The van der Waals surface area contributed by atoms with Crippen molar-refractivity contribution in [1.82, 2.24) is 29.8 Å². The Balaban J connectivity index is 1.57. The lowest BCUT2D eigenvalue weighted by Gasteiger charge is -2.34. The number of alkyl halides is 6. The summed E-state index contributed by atoms with van der Waals surface area (Å²) in [6.07, 6.45) is -5.80. The molecule has 5 rings (SSSR count). The van der Waals surface area contributed by atoms with E-state index in [0.717, 1.165) is 18.3 Å². The van der Waals surface area contributed by atoms with Crippen LogP contribution in [0, 0.1) is 0 Å². The summed E-state index contributed by atoms with van der Waals surface area (Å²) in [4.78, 5) is 22.9. The molecule has 0 aromatic carbocycles. The molecule has 0 saturated carbocycles. The van der Waals surface area contributed by atoms with Crippen molar-refractivity contribution in [2.75, 3.05) is 18.4 Å². The summed E-state index contributed by atoms with van der Waals surface area (Å²) < 4.78 is 85.6. The number of nitrogens with one attached hydrogen (secondary N) is 1. The van der Waals surface area contributed by atoms with Crippen LogP contribution in [0.2, 0.25) is 0 Å². The van der Waals surface area contributed by atoms with Crippen molar-refractivity contribution < 1.29 is 31.1 Å². The van der Waals surface area contributed by atoms with Gasteiger partial charge in [-0.25, -0.2) is 19.9 Å². The smallest absolute Gasteiger partial charge is 0.373 e. The lowest BCUT2D eigenvalue weighted by Crippen LogP contribution is -2.45. The number of nitrogens with zero attached hydrogens (tertiary/aromatic N) is 6. The van der Waals surface area contributed by atoms with Crippen molar-refractivity contribution in [3.63, 3.8) is 0 Å². The summed E-state index contributed by atoms with van der Waals surface area (Å²) in [5.41, 5.74) is -1.53. The fraction of sp³-hybridized carbons (Fsp3) is 0.346.